The van der Waals surface area contributed by atoms with Crippen LogP contribution in [-0.2, 0) is 6.54 Å². The van der Waals surface area contributed by atoms with Gasteiger partial charge in [0.05, 0.1) is 24.0 Å². The molecule has 0 saturated heterocycles. The number of carbonyl (C=O) groups is 1. The highest BCUT2D eigenvalue weighted by Crippen LogP contribution is 2.28. The number of halogens is 1. The molecule has 0 fully saturated rings. The van der Waals surface area contributed by atoms with Gasteiger partial charge >= 0.3 is 0 Å². The molecule has 0 unspecified atom stereocenters. The molecule has 0 saturated carbocycles. The summed E-state index contributed by atoms with van der Waals surface area (Å²) in [6.45, 7) is 2.49. The van der Waals surface area contributed by atoms with Gasteiger partial charge in [0.15, 0.2) is 0 Å². The molecule has 2 aromatic carbocycles. The van der Waals surface area contributed by atoms with Gasteiger partial charge in [-0.15, -0.1) is 0 Å². The van der Waals surface area contributed by atoms with E-state index in [1.54, 1.807) is 37.6 Å². The van der Waals surface area contributed by atoms with Gasteiger partial charge in [-0.2, -0.15) is 0 Å². The minimum Gasteiger partial charge on any atom is -0.495 e. The second-order valence-electron chi connectivity index (χ2n) is 6.02. The van der Waals surface area contributed by atoms with Crippen LogP contribution in [0.5, 0.6) is 5.75 Å². The van der Waals surface area contributed by atoms with E-state index in [4.69, 9.17) is 16.3 Å². The maximum atomic E-state index is 12.3. The largest absolute Gasteiger partial charge is 0.495 e. The number of anilines is 2. The van der Waals surface area contributed by atoms with Crippen LogP contribution in [0, 0.1) is 6.92 Å². The quantitative estimate of drug-likeness (QED) is 0.648. The van der Waals surface area contributed by atoms with E-state index in [0.29, 0.717) is 23.0 Å². The topological polar surface area (TPSA) is 63.2 Å². The van der Waals surface area contributed by atoms with E-state index in [1.807, 2.05) is 37.3 Å². The number of amides is 1. The molecule has 3 aromatic rings. The third kappa shape index (κ3) is 4.77. The van der Waals surface area contributed by atoms with Gasteiger partial charge in [-0.1, -0.05) is 35.9 Å². The molecule has 1 amide bonds. The number of aromatic nitrogens is 1. The van der Waals surface area contributed by atoms with Gasteiger partial charge in [0.2, 0.25) is 0 Å². The fourth-order valence-corrected chi connectivity index (χ4v) is 2.85. The minimum absolute atomic E-state index is 0.211. The van der Waals surface area contributed by atoms with E-state index in [0.717, 1.165) is 22.5 Å². The Kier molecular flexibility index (Phi) is 5.94. The number of nitrogens with zero attached hydrogens (tertiary/aromatic N) is 1. The first-order valence-corrected chi connectivity index (χ1v) is 8.84. The van der Waals surface area contributed by atoms with E-state index in [1.165, 1.54) is 0 Å². The molecule has 1 aromatic heterocycles. The maximum absolute atomic E-state index is 12.3. The van der Waals surface area contributed by atoms with Gasteiger partial charge in [0, 0.05) is 12.2 Å². The lowest BCUT2D eigenvalue weighted by atomic mass is 10.1. The standard InChI is InChI=1S/C21H20ClN3O2/c1-14-5-3-4-6-15(14)12-24-21(26)19-9-7-17(13-23-19)25-16-8-10-20(27-2)18(22)11-16/h3-11,13,25H,12H2,1-2H3,(H,24,26). The number of pyridine rings is 1. The fourth-order valence-electron chi connectivity index (χ4n) is 2.59. The summed E-state index contributed by atoms with van der Waals surface area (Å²) in [6, 6.07) is 16.8. The third-order valence-electron chi connectivity index (χ3n) is 4.14. The van der Waals surface area contributed by atoms with E-state index in [2.05, 4.69) is 15.6 Å². The van der Waals surface area contributed by atoms with Gasteiger partial charge < -0.3 is 15.4 Å². The van der Waals surface area contributed by atoms with Crippen LogP contribution in [0.1, 0.15) is 21.6 Å². The Morgan fingerprint density at radius 3 is 2.56 bits per heavy atom. The van der Waals surface area contributed by atoms with Crippen molar-refractivity contribution >= 4 is 28.9 Å². The molecule has 0 radical (unpaired) electrons. The molecule has 0 spiro atoms. The Morgan fingerprint density at radius 1 is 1.11 bits per heavy atom. The number of hydrogen-bond acceptors (Lipinski definition) is 4. The molecule has 6 heteroatoms. The molecule has 2 N–H and O–H groups in total. The second kappa shape index (κ2) is 8.56. The highest BCUT2D eigenvalue weighted by molar-refractivity contribution is 6.32. The zero-order chi connectivity index (χ0) is 19.2. The van der Waals surface area contributed by atoms with Crippen LogP contribution in [0.25, 0.3) is 0 Å². The van der Waals surface area contributed by atoms with Crippen LogP contribution in [0.3, 0.4) is 0 Å². The summed E-state index contributed by atoms with van der Waals surface area (Å²) in [5.41, 5.74) is 4.15. The number of nitrogens with one attached hydrogen (secondary N) is 2. The molecule has 0 aliphatic rings. The highest BCUT2D eigenvalue weighted by atomic mass is 35.5. The summed E-state index contributed by atoms with van der Waals surface area (Å²) in [6.07, 6.45) is 1.61. The molecule has 1 heterocycles. The van der Waals surface area contributed by atoms with E-state index in [9.17, 15) is 4.79 Å². The fraction of sp³-hybridized carbons (Fsp3) is 0.143. The Balaban J connectivity index is 1.62. The highest BCUT2D eigenvalue weighted by Gasteiger charge is 2.08. The number of aryl methyl sites for hydroxylation is 1. The van der Waals surface area contributed by atoms with Crippen LogP contribution in [-0.4, -0.2) is 18.0 Å². The van der Waals surface area contributed by atoms with Crippen LogP contribution in [0.15, 0.2) is 60.8 Å². The van der Waals surface area contributed by atoms with Gasteiger partial charge in [-0.05, 0) is 48.4 Å². The Bertz CT molecular complexity index is 942. The second-order valence-corrected chi connectivity index (χ2v) is 6.42. The minimum atomic E-state index is -0.211. The van der Waals surface area contributed by atoms with Gasteiger partial charge in [0.1, 0.15) is 11.4 Å². The predicted octanol–water partition coefficient (Wildman–Crippen LogP) is 4.73. The maximum Gasteiger partial charge on any atom is 0.270 e. The van der Waals surface area contributed by atoms with Crippen LogP contribution in [0.2, 0.25) is 5.02 Å². The van der Waals surface area contributed by atoms with Gasteiger partial charge in [-0.25, -0.2) is 4.98 Å². The molecule has 0 aliphatic carbocycles. The SMILES string of the molecule is COc1ccc(Nc2ccc(C(=O)NCc3ccccc3C)nc2)cc1Cl. The summed E-state index contributed by atoms with van der Waals surface area (Å²) >= 11 is 6.13. The molecule has 5 nitrogen and oxygen atoms in total. The molecular formula is C21H20ClN3O2. The first-order chi connectivity index (χ1) is 13.1. The summed E-state index contributed by atoms with van der Waals surface area (Å²) in [4.78, 5) is 16.5. The predicted molar refractivity (Wildman–Crippen MR) is 108 cm³/mol. The van der Waals surface area contributed by atoms with Crippen molar-refractivity contribution in [3.05, 3.63) is 82.6 Å². The van der Waals surface area contributed by atoms with Gasteiger partial charge in [0.25, 0.3) is 5.91 Å². The third-order valence-corrected chi connectivity index (χ3v) is 4.43. The number of hydrogen-bond donors (Lipinski definition) is 2. The Labute approximate surface area is 163 Å². The van der Waals surface area contributed by atoms with Crippen molar-refractivity contribution in [2.45, 2.75) is 13.5 Å². The van der Waals surface area contributed by atoms with Crippen LogP contribution in [0.4, 0.5) is 11.4 Å². The van der Waals surface area contributed by atoms with Crippen molar-refractivity contribution in [1.82, 2.24) is 10.3 Å². The number of carbonyl (C=O) groups excluding carboxylic acids is 1. The van der Waals surface area contributed by atoms with Crippen molar-refractivity contribution in [3.63, 3.8) is 0 Å². The lowest BCUT2D eigenvalue weighted by Crippen LogP contribution is -2.24. The molecule has 0 bridgehead atoms. The summed E-state index contributed by atoms with van der Waals surface area (Å²) in [5, 5.41) is 6.60. The Hall–Kier alpha value is -3.05. The van der Waals surface area contributed by atoms with Crippen LogP contribution >= 0.6 is 11.6 Å². The van der Waals surface area contributed by atoms with Crippen molar-refractivity contribution in [3.8, 4) is 5.75 Å². The zero-order valence-electron chi connectivity index (χ0n) is 15.1. The number of benzene rings is 2. The van der Waals surface area contributed by atoms with Gasteiger partial charge in [-0.3, -0.25) is 4.79 Å². The van der Waals surface area contributed by atoms with Crippen molar-refractivity contribution in [2.75, 3.05) is 12.4 Å². The summed E-state index contributed by atoms with van der Waals surface area (Å²) in [7, 11) is 1.57. The molecule has 138 valence electrons. The first kappa shape index (κ1) is 18.7. The monoisotopic (exact) mass is 381 g/mol. The van der Waals surface area contributed by atoms with Crippen LogP contribution < -0.4 is 15.4 Å². The number of ether oxygens (including phenoxy) is 1. The lowest BCUT2D eigenvalue weighted by Gasteiger charge is -2.10. The zero-order valence-corrected chi connectivity index (χ0v) is 15.9. The summed E-state index contributed by atoms with van der Waals surface area (Å²) < 4.78 is 5.14. The first-order valence-electron chi connectivity index (χ1n) is 8.46. The average Bonchev–Trinajstić information content (AvgIpc) is 2.68. The van der Waals surface area contributed by atoms with E-state index < -0.39 is 0 Å². The van der Waals surface area contributed by atoms with Crippen molar-refractivity contribution in [1.29, 1.82) is 0 Å². The number of rotatable bonds is 6. The van der Waals surface area contributed by atoms with E-state index >= 15 is 0 Å². The molecular weight excluding hydrogens is 362 g/mol. The van der Waals surface area contributed by atoms with E-state index in [-0.39, 0.29) is 5.91 Å². The molecule has 27 heavy (non-hydrogen) atoms. The molecule has 3 rings (SSSR count). The van der Waals surface area contributed by atoms with Crippen molar-refractivity contribution in [2.24, 2.45) is 0 Å². The smallest absolute Gasteiger partial charge is 0.270 e. The molecule has 0 aliphatic heterocycles. The lowest BCUT2D eigenvalue weighted by molar-refractivity contribution is 0.0946. The normalized spacial score (nSPS) is 10.3. The molecule has 0 atom stereocenters. The van der Waals surface area contributed by atoms with Crippen molar-refractivity contribution < 1.29 is 9.53 Å². The number of methoxy groups -OCH3 is 1. The average molecular weight is 382 g/mol. The summed E-state index contributed by atoms with van der Waals surface area (Å²) in [5.74, 6) is 0.401. The Morgan fingerprint density at radius 2 is 1.89 bits per heavy atom.